The predicted octanol–water partition coefficient (Wildman–Crippen LogP) is 0.169. The highest BCUT2D eigenvalue weighted by Crippen LogP contribution is 2.01. The normalized spacial score (nSPS) is 10.8. The van der Waals surface area contributed by atoms with E-state index in [1.807, 2.05) is 0 Å². The summed E-state index contributed by atoms with van der Waals surface area (Å²) in [6.07, 6.45) is 3.24. The van der Waals surface area contributed by atoms with Crippen LogP contribution >= 0.6 is 0 Å². The van der Waals surface area contributed by atoms with E-state index in [4.69, 9.17) is 4.74 Å². The maximum Gasteiger partial charge on any atom is 0.331 e. The number of ether oxygens (including phenoxy) is 1. The Bertz CT molecular complexity index is 471. The van der Waals surface area contributed by atoms with Crippen LogP contribution in [0.2, 0.25) is 0 Å². The Labute approximate surface area is 74.0 Å². The Morgan fingerprint density at radius 3 is 3.23 bits per heavy atom. The second-order valence-corrected chi connectivity index (χ2v) is 2.68. The van der Waals surface area contributed by atoms with E-state index in [1.165, 1.54) is 4.40 Å². The minimum Gasteiger partial charge on any atom is -0.378 e. The fraction of sp³-hybridized carbons (Fsp3) is 0.250. The number of aromatic nitrogens is 3. The third-order valence-corrected chi connectivity index (χ3v) is 1.73. The third-order valence-electron chi connectivity index (χ3n) is 1.73. The van der Waals surface area contributed by atoms with Crippen molar-refractivity contribution in [2.75, 3.05) is 7.11 Å². The maximum absolute atomic E-state index is 11.2. The van der Waals surface area contributed by atoms with Crippen LogP contribution in [-0.2, 0) is 11.3 Å². The molecule has 2 aromatic heterocycles. The number of H-pyrrole nitrogens is 1. The zero-order valence-electron chi connectivity index (χ0n) is 7.15. The van der Waals surface area contributed by atoms with Crippen molar-refractivity contribution in [2.24, 2.45) is 0 Å². The number of hydrogen-bond donors (Lipinski definition) is 1. The highest BCUT2D eigenvalue weighted by molar-refractivity contribution is 5.37. The molecule has 0 aromatic carbocycles. The molecule has 0 radical (unpaired) electrons. The topological polar surface area (TPSA) is 59.4 Å². The summed E-state index contributed by atoms with van der Waals surface area (Å²) in [4.78, 5) is 18.0. The second kappa shape index (κ2) is 3.02. The first kappa shape index (κ1) is 8.00. The van der Waals surface area contributed by atoms with E-state index in [0.29, 0.717) is 12.3 Å². The monoisotopic (exact) mass is 179 g/mol. The molecule has 0 saturated carbocycles. The molecular weight excluding hydrogens is 170 g/mol. The predicted molar refractivity (Wildman–Crippen MR) is 46.5 cm³/mol. The van der Waals surface area contributed by atoms with Crippen LogP contribution in [0.5, 0.6) is 0 Å². The summed E-state index contributed by atoms with van der Waals surface area (Å²) >= 11 is 0. The Morgan fingerprint density at radius 2 is 2.54 bits per heavy atom. The van der Waals surface area contributed by atoms with Crippen molar-refractivity contribution in [3.63, 3.8) is 0 Å². The summed E-state index contributed by atoms with van der Waals surface area (Å²) in [5, 5.41) is 0. The Morgan fingerprint density at radius 1 is 1.69 bits per heavy atom. The first-order valence-corrected chi connectivity index (χ1v) is 3.86. The van der Waals surface area contributed by atoms with E-state index in [1.54, 1.807) is 25.6 Å². The van der Waals surface area contributed by atoms with Gasteiger partial charge < -0.3 is 9.72 Å². The standard InChI is InChI=1S/C8H9N3O2/c1-13-5-6-4-11-7(10-6)2-3-9-8(11)12/h2-4H,5H2,1H3,(H,9,12). The molecule has 68 valence electrons. The smallest absolute Gasteiger partial charge is 0.331 e. The molecule has 0 aliphatic rings. The molecule has 1 N–H and O–H groups in total. The summed E-state index contributed by atoms with van der Waals surface area (Å²) in [6.45, 7) is 0.418. The number of methoxy groups -OCH3 is 1. The van der Waals surface area contributed by atoms with Gasteiger partial charge in [-0.15, -0.1) is 0 Å². The van der Waals surface area contributed by atoms with E-state index in [0.717, 1.165) is 5.69 Å². The Kier molecular flexibility index (Phi) is 1.86. The Balaban J connectivity index is 2.62. The first-order valence-electron chi connectivity index (χ1n) is 3.86. The van der Waals surface area contributed by atoms with Gasteiger partial charge in [0.2, 0.25) is 0 Å². The first-order chi connectivity index (χ1) is 6.31. The Hall–Kier alpha value is -1.62. The largest absolute Gasteiger partial charge is 0.378 e. The summed E-state index contributed by atoms with van der Waals surface area (Å²) in [5.74, 6) is 0. The highest BCUT2D eigenvalue weighted by atomic mass is 16.5. The number of aromatic amines is 1. The molecule has 2 rings (SSSR count). The van der Waals surface area contributed by atoms with Crippen LogP contribution in [0.15, 0.2) is 23.3 Å². The summed E-state index contributed by atoms with van der Waals surface area (Å²) in [7, 11) is 1.59. The van der Waals surface area contributed by atoms with Crippen molar-refractivity contribution in [3.8, 4) is 0 Å². The van der Waals surface area contributed by atoms with Crippen LogP contribution in [0.4, 0.5) is 0 Å². The quantitative estimate of drug-likeness (QED) is 0.714. The number of nitrogens with one attached hydrogen (secondary N) is 1. The van der Waals surface area contributed by atoms with Crippen molar-refractivity contribution in [1.82, 2.24) is 14.4 Å². The lowest BCUT2D eigenvalue weighted by Crippen LogP contribution is -2.13. The van der Waals surface area contributed by atoms with Gasteiger partial charge in [-0.1, -0.05) is 0 Å². The minimum atomic E-state index is -0.188. The van der Waals surface area contributed by atoms with Gasteiger partial charge in [-0.2, -0.15) is 0 Å². The van der Waals surface area contributed by atoms with Gasteiger partial charge in [0.25, 0.3) is 0 Å². The van der Waals surface area contributed by atoms with Gasteiger partial charge in [-0.05, 0) is 6.07 Å². The average molecular weight is 179 g/mol. The van der Waals surface area contributed by atoms with Crippen LogP contribution < -0.4 is 5.69 Å². The van der Waals surface area contributed by atoms with Gasteiger partial charge in [0.05, 0.1) is 12.3 Å². The highest BCUT2D eigenvalue weighted by Gasteiger charge is 2.01. The number of imidazole rings is 1. The maximum atomic E-state index is 11.2. The van der Waals surface area contributed by atoms with Crippen LogP contribution in [0.3, 0.4) is 0 Å². The molecule has 0 amide bonds. The lowest BCUT2D eigenvalue weighted by atomic mass is 10.5. The molecule has 0 saturated heterocycles. The molecule has 5 heteroatoms. The van der Waals surface area contributed by atoms with Crippen molar-refractivity contribution < 1.29 is 4.74 Å². The number of hydrogen-bond acceptors (Lipinski definition) is 3. The molecule has 5 nitrogen and oxygen atoms in total. The van der Waals surface area contributed by atoms with E-state index in [2.05, 4.69) is 9.97 Å². The summed E-state index contributed by atoms with van der Waals surface area (Å²) < 4.78 is 6.36. The summed E-state index contributed by atoms with van der Waals surface area (Å²) in [5.41, 5.74) is 1.20. The molecule has 0 aliphatic carbocycles. The molecule has 0 fully saturated rings. The van der Waals surface area contributed by atoms with Crippen LogP contribution in [0.25, 0.3) is 5.65 Å². The molecule has 0 atom stereocenters. The van der Waals surface area contributed by atoms with Crippen molar-refractivity contribution in [2.45, 2.75) is 6.61 Å². The average Bonchev–Trinajstić information content (AvgIpc) is 2.49. The second-order valence-electron chi connectivity index (χ2n) is 2.68. The molecule has 13 heavy (non-hydrogen) atoms. The SMILES string of the molecule is COCc1cn2c(=O)[nH]ccc2n1. The zero-order valence-corrected chi connectivity index (χ0v) is 7.15. The van der Waals surface area contributed by atoms with Gasteiger partial charge >= 0.3 is 5.69 Å². The van der Waals surface area contributed by atoms with Crippen LogP contribution in [0.1, 0.15) is 5.69 Å². The van der Waals surface area contributed by atoms with Gasteiger partial charge in [-0.25, -0.2) is 9.78 Å². The molecule has 2 heterocycles. The van der Waals surface area contributed by atoms with E-state index in [9.17, 15) is 4.79 Å². The molecule has 0 unspecified atom stereocenters. The van der Waals surface area contributed by atoms with Gasteiger partial charge in [0.15, 0.2) is 0 Å². The number of fused-ring (bicyclic) bond motifs is 1. The molecule has 2 aromatic rings. The van der Waals surface area contributed by atoms with E-state index in [-0.39, 0.29) is 5.69 Å². The lowest BCUT2D eigenvalue weighted by Gasteiger charge is -1.88. The third kappa shape index (κ3) is 1.33. The lowest BCUT2D eigenvalue weighted by molar-refractivity contribution is 0.182. The van der Waals surface area contributed by atoms with E-state index < -0.39 is 0 Å². The van der Waals surface area contributed by atoms with E-state index >= 15 is 0 Å². The fourth-order valence-electron chi connectivity index (χ4n) is 1.20. The van der Waals surface area contributed by atoms with Crippen molar-refractivity contribution in [3.05, 3.63) is 34.6 Å². The minimum absolute atomic E-state index is 0.188. The zero-order chi connectivity index (χ0) is 9.26. The number of rotatable bonds is 2. The van der Waals surface area contributed by atoms with Crippen molar-refractivity contribution >= 4 is 5.65 Å². The molecule has 0 aliphatic heterocycles. The van der Waals surface area contributed by atoms with Crippen molar-refractivity contribution in [1.29, 1.82) is 0 Å². The van der Waals surface area contributed by atoms with Gasteiger partial charge in [0.1, 0.15) is 5.65 Å². The van der Waals surface area contributed by atoms with Crippen LogP contribution in [0, 0.1) is 0 Å². The molecular formula is C8H9N3O2. The van der Waals surface area contributed by atoms with Gasteiger partial charge in [-0.3, -0.25) is 4.40 Å². The molecule has 0 bridgehead atoms. The summed E-state index contributed by atoms with van der Waals surface area (Å²) in [6, 6.07) is 1.74. The van der Waals surface area contributed by atoms with Crippen LogP contribution in [-0.4, -0.2) is 21.5 Å². The molecule has 0 spiro atoms. The fourth-order valence-corrected chi connectivity index (χ4v) is 1.20. The number of nitrogens with zero attached hydrogens (tertiary/aromatic N) is 2. The van der Waals surface area contributed by atoms with Gasteiger partial charge in [0, 0.05) is 19.5 Å².